The lowest BCUT2D eigenvalue weighted by molar-refractivity contribution is -0.116. The lowest BCUT2D eigenvalue weighted by Gasteiger charge is -2.11. The number of rotatable bonds is 7. The summed E-state index contributed by atoms with van der Waals surface area (Å²) in [7, 11) is 0. The van der Waals surface area contributed by atoms with Crippen LogP contribution >= 0.6 is 23.4 Å². The molecule has 3 aromatic rings. The highest BCUT2D eigenvalue weighted by atomic mass is 35.5. The molecule has 0 atom stereocenters. The maximum absolute atomic E-state index is 12.2. The molecule has 0 bridgehead atoms. The molecule has 0 radical (unpaired) electrons. The second-order valence-corrected chi connectivity index (χ2v) is 7.06. The van der Waals surface area contributed by atoms with Crippen molar-refractivity contribution in [2.75, 3.05) is 11.9 Å². The first-order chi connectivity index (χ1) is 12.7. The molecule has 0 aliphatic heterocycles. The number of carbonyl (C=O) groups excluding carboxylic acids is 1. The second kappa shape index (κ2) is 9.32. The van der Waals surface area contributed by atoms with Gasteiger partial charge in [0.2, 0.25) is 5.91 Å². The molecular formula is C21H18ClNO2S. The van der Waals surface area contributed by atoms with Crippen molar-refractivity contribution in [1.29, 1.82) is 0 Å². The number of benzene rings is 3. The SMILES string of the molecule is O=C(CCOc1ccc(Cl)cc1)Nc1ccccc1Sc1ccccc1. The lowest BCUT2D eigenvalue weighted by atomic mass is 10.3. The van der Waals surface area contributed by atoms with Gasteiger partial charge in [-0.05, 0) is 48.5 Å². The Hall–Kier alpha value is -2.43. The van der Waals surface area contributed by atoms with Crippen LogP contribution in [0.25, 0.3) is 0 Å². The smallest absolute Gasteiger partial charge is 0.227 e. The van der Waals surface area contributed by atoms with Crippen molar-refractivity contribution in [3.63, 3.8) is 0 Å². The van der Waals surface area contributed by atoms with Gasteiger partial charge in [0, 0.05) is 14.8 Å². The van der Waals surface area contributed by atoms with Crippen molar-refractivity contribution in [2.45, 2.75) is 16.2 Å². The van der Waals surface area contributed by atoms with Gasteiger partial charge in [0.1, 0.15) is 5.75 Å². The van der Waals surface area contributed by atoms with Gasteiger partial charge in [0.05, 0.1) is 18.7 Å². The van der Waals surface area contributed by atoms with Crippen molar-refractivity contribution in [1.82, 2.24) is 0 Å². The first-order valence-electron chi connectivity index (χ1n) is 8.21. The molecule has 3 nitrogen and oxygen atoms in total. The van der Waals surface area contributed by atoms with E-state index in [0.717, 1.165) is 15.5 Å². The number of anilines is 1. The summed E-state index contributed by atoms with van der Waals surface area (Å²) in [5.74, 6) is 0.613. The number of hydrogen-bond acceptors (Lipinski definition) is 3. The van der Waals surface area contributed by atoms with Crippen LogP contribution in [0.4, 0.5) is 5.69 Å². The predicted molar refractivity (Wildman–Crippen MR) is 107 cm³/mol. The Morgan fingerprint density at radius 3 is 2.38 bits per heavy atom. The first-order valence-corrected chi connectivity index (χ1v) is 9.40. The molecule has 0 saturated carbocycles. The van der Waals surface area contributed by atoms with E-state index in [1.165, 1.54) is 0 Å². The third-order valence-electron chi connectivity index (χ3n) is 3.54. The highest BCUT2D eigenvalue weighted by Gasteiger charge is 2.08. The van der Waals surface area contributed by atoms with E-state index in [-0.39, 0.29) is 12.3 Å². The summed E-state index contributed by atoms with van der Waals surface area (Å²) >= 11 is 7.46. The van der Waals surface area contributed by atoms with Gasteiger partial charge in [-0.25, -0.2) is 0 Å². The quantitative estimate of drug-likeness (QED) is 0.552. The van der Waals surface area contributed by atoms with Gasteiger partial charge in [-0.1, -0.05) is 53.7 Å². The van der Waals surface area contributed by atoms with Crippen LogP contribution in [0.5, 0.6) is 5.75 Å². The topological polar surface area (TPSA) is 38.3 Å². The molecule has 5 heteroatoms. The molecule has 132 valence electrons. The fraction of sp³-hybridized carbons (Fsp3) is 0.0952. The number of amides is 1. The largest absolute Gasteiger partial charge is 0.493 e. The molecule has 0 heterocycles. The zero-order valence-electron chi connectivity index (χ0n) is 14.0. The summed E-state index contributed by atoms with van der Waals surface area (Å²) in [4.78, 5) is 14.4. The summed E-state index contributed by atoms with van der Waals surface area (Å²) in [5.41, 5.74) is 0.804. The van der Waals surface area contributed by atoms with E-state index >= 15 is 0 Å². The van der Waals surface area contributed by atoms with Crippen LogP contribution < -0.4 is 10.1 Å². The van der Waals surface area contributed by atoms with Crippen LogP contribution in [0, 0.1) is 0 Å². The third-order valence-corrected chi connectivity index (χ3v) is 4.88. The zero-order valence-corrected chi connectivity index (χ0v) is 15.6. The van der Waals surface area contributed by atoms with Crippen LogP contribution in [-0.4, -0.2) is 12.5 Å². The molecule has 1 N–H and O–H groups in total. The average molecular weight is 384 g/mol. The summed E-state index contributed by atoms with van der Waals surface area (Å²) < 4.78 is 5.57. The van der Waals surface area contributed by atoms with Crippen molar-refractivity contribution in [3.8, 4) is 5.75 Å². The van der Waals surface area contributed by atoms with E-state index in [4.69, 9.17) is 16.3 Å². The summed E-state index contributed by atoms with van der Waals surface area (Å²) in [5, 5.41) is 3.62. The van der Waals surface area contributed by atoms with Gasteiger partial charge in [-0.2, -0.15) is 0 Å². The third kappa shape index (κ3) is 5.55. The van der Waals surface area contributed by atoms with Crippen LogP contribution in [0.1, 0.15) is 6.42 Å². The molecule has 0 fully saturated rings. The molecule has 0 aliphatic carbocycles. The van der Waals surface area contributed by atoms with Gasteiger partial charge in [-0.3, -0.25) is 4.79 Å². The number of para-hydroxylation sites is 1. The normalized spacial score (nSPS) is 10.3. The maximum Gasteiger partial charge on any atom is 0.227 e. The molecule has 0 unspecified atom stereocenters. The number of nitrogens with one attached hydrogen (secondary N) is 1. The Morgan fingerprint density at radius 2 is 1.62 bits per heavy atom. The molecular weight excluding hydrogens is 366 g/mol. The molecule has 3 aromatic carbocycles. The second-order valence-electron chi connectivity index (χ2n) is 5.51. The van der Waals surface area contributed by atoms with E-state index in [2.05, 4.69) is 5.32 Å². The Balaban J connectivity index is 1.55. The molecule has 1 amide bonds. The van der Waals surface area contributed by atoms with Crippen LogP contribution in [0.3, 0.4) is 0 Å². The number of hydrogen-bond donors (Lipinski definition) is 1. The molecule has 0 aliphatic rings. The van der Waals surface area contributed by atoms with Crippen LogP contribution in [-0.2, 0) is 4.79 Å². The van der Waals surface area contributed by atoms with Gasteiger partial charge >= 0.3 is 0 Å². The molecule has 26 heavy (non-hydrogen) atoms. The fourth-order valence-electron chi connectivity index (χ4n) is 2.28. The van der Waals surface area contributed by atoms with E-state index in [1.54, 1.807) is 36.0 Å². The van der Waals surface area contributed by atoms with Crippen LogP contribution in [0.2, 0.25) is 5.02 Å². The molecule has 0 saturated heterocycles. The minimum atomic E-state index is -0.0833. The van der Waals surface area contributed by atoms with Crippen molar-refractivity contribution < 1.29 is 9.53 Å². The van der Waals surface area contributed by atoms with Gasteiger partial charge in [-0.15, -0.1) is 0 Å². The minimum absolute atomic E-state index is 0.0833. The summed E-state index contributed by atoms with van der Waals surface area (Å²) in [6.07, 6.45) is 0.271. The summed E-state index contributed by atoms with van der Waals surface area (Å²) in [6, 6.07) is 24.9. The highest BCUT2D eigenvalue weighted by molar-refractivity contribution is 7.99. The van der Waals surface area contributed by atoms with Crippen molar-refractivity contribution >= 4 is 35.0 Å². The maximum atomic E-state index is 12.2. The van der Waals surface area contributed by atoms with Crippen molar-refractivity contribution in [3.05, 3.63) is 83.9 Å². The van der Waals surface area contributed by atoms with E-state index in [0.29, 0.717) is 17.4 Å². The first kappa shape index (κ1) is 18.4. The molecule has 0 aromatic heterocycles. The lowest BCUT2D eigenvalue weighted by Crippen LogP contribution is -2.15. The van der Waals surface area contributed by atoms with Crippen molar-refractivity contribution in [2.24, 2.45) is 0 Å². The Kier molecular flexibility index (Phi) is 6.58. The molecule has 0 spiro atoms. The van der Waals surface area contributed by atoms with Gasteiger partial charge in [0.15, 0.2) is 0 Å². The van der Waals surface area contributed by atoms with E-state index in [9.17, 15) is 4.79 Å². The molecule has 3 rings (SSSR count). The van der Waals surface area contributed by atoms with Gasteiger partial charge in [0.25, 0.3) is 0 Å². The van der Waals surface area contributed by atoms with E-state index in [1.807, 2.05) is 54.6 Å². The Morgan fingerprint density at radius 1 is 0.923 bits per heavy atom. The Labute approximate surface area is 162 Å². The highest BCUT2D eigenvalue weighted by Crippen LogP contribution is 2.33. The number of ether oxygens (including phenoxy) is 1. The fourth-order valence-corrected chi connectivity index (χ4v) is 3.33. The monoisotopic (exact) mass is 383 g/mol. The zero-order chi connectivity index (χ0) is 18.2. The summed E-state index contributed by atoms with van der Waals surface area (Å²) in [6.45, 7) is 0.307. The average Bonchev–Trinajstić information content (AvgIpc) is 2.66. The Bertz CT molecular complexity index is 853. The minimum Gasteiger partial charge on any atom is -0.493 e. The number of halogens is 1. The number of carbonyl (C=O) groups is 1. The standard InChI is InChI=1S/C21H18ClNO2S/c22-16-10-12-17(13-11-16)25-15-14-21(24)23-19-8-4-5-9-20(19)26-18-6-2-1-3-7-18/h1-13H,14-15H2,(H,23,24). The predicted octanol–water partition coefficient (Wildman–Crippen LogP) is 5.90. The van der Waals surface area contributed by atoms with Crippen LogP contribution in [0.15, 0.2) is 88.7 Å². The van der Waals surface area contributed by atoms with E-state index < -0.39 is 0 Å². The van der Waals surface area contributed by atoms with Gasteiger partial charge < -0.3 is 10.1 Å².